The van der Waals surface area contributed by atoms with Crippen LogP contribution in [-0.4, -0.2) is 43.6 Å². The molecule has 1 fully saturated rings. The Kier molecular flexibility index (Phi) is 5.26. The van der Waals surface area contributed by atoms with E-state index in [1.54, 1.807) is 15.6 Å². The lowest BCUT2D eigenvalue weighted by molar-refractivity contribution is 0.190. The van der Waals surface area contributed by atoms with Gasteiger partial charge in [0.2, 0.25) is 0 Å². The molecule has 8 nitrogen and oxygen atoms in total. The minimum Gasteiger partial charge on any atom is -0.383 e. The van der Waals surface area contributed by atoms with E-state index in [1.807, 2.05) is 48.7 Å². The number of benzene rings is 1. The van der Waals surface area contributed by atoms with E-state index in [0.29, 0.717) is 24.6 Å². The second-order valence-corrected chi connectivity index (χ2v) is 8.68. The number of hydrogen-bond acceptors (Lipinski definition) is 5. The van der Waals surface area contributed by atoms with Crippen LogP contribution < -0.4 is 11.5 Å². The van der Waals surface area contributed by atoms with Crippen molar-refractivity contribution in [2.24, 2.45) is 5.73 Å². The number of pyridine rings is 1. The molecule has 0 atom stereocenters. The molecule has 4 N–H and O–H groups in total. The SMILES string of the molecule is NC(=O)N1CCC(c2nc3c(-c4ccc(-c5ccccc5)nc4)cnn3c(N)c2Br)CC1. The molecular formula is C23H22BrN7O. The number of anilines is 1. The van der Waals surface area contributed by atoms with E-state index >= 15 is 0 Å². The summed E-state index contributed by atoms with van der Waals surface area (Å²) in [5.41, 5.74) is 17.2. The highest BCUT2D eigenvalue weighted by Crippen LogP contribution is 2.37. The van der Waals surface area contributed by atoms with Crippen molar-refractivity contribution in [1.29, 1.82) is 0 Å². The normalized spacial score (nSPS) is 14.7. The average Bonchev–Trinajstić information content (AvgIpc) is 3.26. The zero-order valence-corrected chi connectivity index (χ0v) is 18.9. The third-order valence-corrected chi connectivity index (χ3v) is 6.80. The number of nitrogens with two attached hydrogens (primary N) is 2. The van der Waals surface area contributed by atoms with Crippen molar-refractivity contribution in [2.75, 3.05) is 18.8 Å². The zero-order chi connectivity index (χ0) is 22.2. The first-order valence-electron chi connectivity index (χ1n) is 10.4. The Morgan fingerprint density at radius 2 is 1.78 bits per heavy atom. The summed E-state index contributed by atoms with van der Waals surface area (Å²) in [5, 5.41) is 4.46. The Morgan fingerprint density at radius 3 is 2.44 bits per heavy atom. The fourth-order valence-corrected chi connectivity index (χ4v) is 4.77. The van der Waals surface area contributed by atoms with Gasteiger partial charge in [-0.2, -0.15) is 9.61 Å². The lowest BCUT2D eigenvalue weighted by atomic mass is 9.93. The largest absolute Gasteiger partial charge is 0.383 e. The summed E-state index contributed by atoms with van der Waals surface area (Å²) in [6, 6.07) is 13.7. The van der Waals surface area contributed by atoms with Gasteiger partial charge in [-0.05, 0) is 34.8 Å². The van der Waals surface area contributed by atoms with Crippen LogP contribution in [0.2, 0.25) is 0 Å². The highest BCUT2D eigenvalue weighted by Gasteiger charge is 2.27. The molecule has 1 aliphatic rings. The van der Waals surface area contributed by atoms with Crippen LogP contribution in [0.15, 0.2) is 59.3 Å². The van der Waals surface area contributed by atoms with Gasteiger partial charge in [0.25, 0.3) is 0 Å². The van der Waals surface area contributed by atoms with Crippen molar-refractivity contribution < 1.29 is 4.79 Å². The maximum Gasteiger partial charge on any atom is 0.314 e. The standard InChI is InChI=1S/C23H22BrN7O/c24-19-20(15-8-10-30(11-9-15)23(26)32)29-22-17(13-28-31(22)21(19)25)16-6-7-18(27-12-16)14-4-2-1-3-5-14/h1-7,12-13,15H,8-11,25H2,(H2,26,32). The molecule has 1 aliphatic heterocycles. The summed E-state index contributed by atoms with van der Waals surface area (Å²) >= 11 is 3.62. The summed E-state index contributed by atoms with van der Waals surface area (Å²) in [4.78, 5) is 22.7. The Bertz CT molecular complexity index is 1280. The molecule has 162 valence electrons. The molecule has 2 amide bonds. The van der Waals surface area contributed by atoms with Crippen LogP contribution in [0.1, 0.15) is 24.5 Å². The molecule has 9 heteroatoms. The van der Waals surface area contributed by atoms with Gasteiger partial charge in [-0.3, -0.25) is 4.98 Å². The number of fused-ring (bicyclic) bond motifs is 1. The smallest absolute Gasteiger partial charge is 0.314 e. The van der Waals surface area contributed by atoms with Gasteiger partial charge in [0.05, 0.1) is 22.1 Å². The topological polar surface area (TPSA) is 115 Å². The number of halogens is 1. The van der Waals surface area contributed by atoms with E-state index in [4.69, 9.17) is 16.5 Å². The van der Waals surface area contributed by atoms with Crippen molar-refractivity contribution in [3.8, 4) is 22.4 Å². The monoisotopic (exact) mass is 491 g/mol. The average molecular weight is 492 g/mol. The van der Waals surface area contributed by atoms with Crippen LogP contribution >= 0.6 is 15.9 Å². The van der Waals surface area contributed by atoms with Crippen LogP contribution in [0.25, 0.3) is 28.0 Å². The minimum atomic E-state index is -0.380. The number of aromatic nitrogens is 4. The van der Waals surface area contributed by atoms with Crippen molar-refractivity contribution in [3.05, 3.63) is 65.0 Å². The van der Waals surface area contributed by atoms with Crippen LogP contribution in [0.5, 0.6) is 0 Å². The molecule has 0 bridgehead atoms. The number of urea groups is 1. The molecule has 1 saturated heterocycles. The van der Waals surface area contributed by atoms with Gasteiger partial charge in [0.1, 0.15) is 5.82 Å². The number of rotatable bonds is 3. The molecule has 0 unspecified atom stereocenters. The van der Waals surface area contributed by atoms with Gasteiger partial charge in [-0.25, -0.2) is 9.78 Å². The van der Waals surface area contributed by atoms with Gasteiger partial charge in [-0.15, -0.1) is 0 Å². The van der Waals surface area contributed by atoms with E-state index in [1.165, 1.54) is 0 Å². The zero-order valence-electron chi connectivity index (χ0n) is 17.3. The molecule has 0 radical (unpaired) electrons. The van der Waals surface area contributed by atoms with Gasteiger partial charge in [0, 0.05) is 41.9 Å². The number of nitrogen functional groups attached to an aromatic ring is 1. The molecule has 1 aromatic carbocycles. The molecule has 32 heavy (non-hydrogen) atoms. The summed E-state index contributed by atoms with van der Waals surface area (Å²) < 4.78 is 2.39. The number of nitrogens with zero attached hydrogens (tertiary/aromatic N) is 5. The Morgan fingerprint density at radius 1 is 1.03 bits per heavy atom. The molecule has 0 spiro atoms. The minimum absolute atomic E-state index is 0.175. The Labute approximate surface area is 193 Å². The molecule has 0 aliphatic carbocycles. The number of likely N-dealkylation sites (tertiary alicyclic amines) is 1. The van der Waals surface area contributed by atoms with Gasteiger partial charge in [0.15, 0.2) is 5.65 Å². The van der Waals surface area contributed by atoms with Crippen molar-refractivity contribution >= 4 is 33.4 Å². The molecule has 4 aromatic rings. The Balaban J connectivity index is 1.51. The quantitative estimate of drug-likeness (QED) is 0.448. The van der Waals surface area contributed by atoms with Crippen LogP contribution in [0, 0.1) is 0 Å². The van der Waals surface area contributed by atoms with Gasteiger partial charge >= 0.3 is 6.03 Å². The van der Waals surface area contributed by atoms with Crippen LogP contribution in [0.3, 0.4) is 0 Å². The first-order valence-corrected chi connectivity index (χ1v) is 11.2. The Hall–Kier alpha value is -3.46. The first kappa shape index (κ1) is 20.4. The predicted octanol–water partition coefficient (Wildman–Crippen LogP) is 4.06. The second-order valence-electron chi connectivity index (χ2n) is 7.89. The van der Waals surface area contributed by atoms with E-state index in [2.05, 4.69) is 26.0 Å². The van der Waals surface area contributed by atoms with Gasteiger partial charge in [-0.1, -0.05) is 36.4 Å². The fourth-order valence-electron chi connectivity index (χ4n) is 4.19. The maximum atomic E-state index is 11.5. The lowest BCUT2D eigenvalue weighted by Gasteiger charge is -2.31. The number of piperidine rings is 1. The first-order chi connectivity index (χ1) is 15.5. The number of hydrogen-bond donors (Lipinski definition) is 2. The van der Waals surface area contributed by atoms with E-state index in [9.17, 15) is 4.79 Å². The summed E-state index contributed by atoms with van der Waals surface area (Å²) in [6.45, 7) is 1.21. The van der Waals surface area contributed by atoms with E-state index < -0.39 is 0 Å². The lowest BCUT2D eigenvalue weighted by Crippen LogP contribution is -2.41. The number of carbonyl (C=O) groups excluding carboxylic acids is 1. The molecule has 4 heterocycles. The second kappa shape index (κ2) is 8.23. The summed E-state index contributed by atoms with van der Waals surface area (Å²) in [6.07, 6.45) is 5.16. The predicted molar refractivity (Wildman–Crippen MR) is 127 cm³/mol. The van der Waals surface area contributed by atoms with E-state index in [-0.39, 0.29) is 11.9 Å². The van der Waals surface area contributed by atoms with Gasteiger partial charge < -0.3 is 16.4 Å². The highest BCUT2D eigenvalue weighted by molar-refractivity contribution is 9.10. The van der Waals surface area contributed by atoms with Crippen molar-refractivity contribution in [2.45, 2.75) is 18.8 Å². The van der Waals surface area contributed by atoms with Crippen molar-refractivity contribution in [3.63, 3.8) is 0 Å². The molecule has 3 aromatic heterocycles. The van der Waals surface area contributed by atoms with Crippen molar-refractivity contribution in [1.82, 2.24) is 24.5 Å². The maximum absolute atomic E-state index is 11.5. The number of amides is 2. The third-order valence-electron chi connectivity index (χ3n) is 5.99. The number of carbonyl (C=O) groups is 1. The molecular weight excluding hydrogens is 470 g/mol. The van der Waals surface area contributed by atoms with Crippen LogP contribution in [0.4, 0.5) is 10.6 Å². The highest BCUT2D eigenvalue weighted by atomic mass is 79.9. The van der Waals surface area contributed by atoms with Crippen LogP contribution in [-0.2, 0) is 0 Å². The molecule has 5 rings (SSSR count). The third kappa shape index (κ3) is 3.58. The van der Waals surface area contributed by atoms with E-state index in [0.717, 1.165) is 45.4 Å². The summed E-state index contributed by atoms with van der Waals surface area (Å²) in [7, 11) is 0. The molecule has 0 saturated carbocycles. The fraction of sp³-hybridized carbons (Fsp3) is 0.217. The number of primary amides is 1. The summed E-state index contributed by atoms with van der Waals surface area (Å²) in [5.74, 6) is 0.677.